The van der Waals surface area contributed by atoms with Gasteiger partial charge in [0.15, 0.2) is 6.29 Å². The van der Waals surface area contributed by atoms with Gasteiger partial charge in [-0.25, -0.2) is 9.59 Å². The standard InChI is InChI=1S/C10H19N3O5/c14-6-3-7-1-4-13(5-2-7)8(11-9(15)16)12-10(17)18/h7-8,11-12,14H,1-6H2,(H,15,16)(H,17,18). The van der Waals surface area contributed by atoms with E-state index in [1.165, 1.54) is 0 Å². The van der Waals surface area contributed by atoms with Crippen molar-refractivity contribution in [1.29, 1.82) is 0 Å². The van der Waals surface area contributed by atoms with Crippen LogP contribution >= 0.6 is 0 Å². The number of hydrogen-bond donors (Lipinski definition) is 5. The van der Waals surface area contributed by atoms with Gasteiger partial charge in [0.25, 0.3) is 0 Å². The molecule has 8 heteroatoms. The number of nitrogens with one attached hydrogen (secondary N) is 2. The Hall–Kier alpha value is -1.54. The monoisotopic (exact) mass is 261 g/mol. The van der Waals surface area contributed by atoms with E-state index in [1.54, 1.807) is 4.90 Å². The second-order valence-electron chi connectivity index (χ2n) is 4.29. The van der Waals surface area contributed by atoms with Crippen LogP contribution in [-0.4, -0.2) is 58.4 Å². The lowest BCUT2D eigenvalue weighted by atomic mass is 9.94. The van der Waals surface area contributed by atoms with E-state index in [9.17, 15) is 9.59 Å². The summed E-state index contributed by atoms with van der Waals surface area (Å²) in [5, 5.41) is 30.4. The first-order valence-electron chi connectivity index (χ1n) is 5.86. The summed E-state index contributed by atoms with van der Waals surface area (Å²) in [6.45, 7) is 1.33. The van der Waals surface area contributed by atoms with E-state index in [0.29, 0.717) is 19.0 Å². The number of likely N-dealkylation sites (tertiary alicyclic amines) is 1. The molecule has 0 aromatic rings. The molecular weight excluding hydrogens is 242 g/mol. The number of rotatable bonds is 5. The molecule has 0 unspecified atom stereocenters. The number of aliphatic hydroxyl groups is 1. The Morgan fingerprint density at radius 3 is 2.06 bits per heavy atom. The summed E-state index contributed by atoms with van der Waals surface area (Å²) < 4.78 is 0. The first-order valence-corrected chi connectivity index (χ1v) is 5.86. The summed E-state index contributed by atoms with van der Waals surface area (Å²) >= 11 is 0. The van der Waals surface area contributed by atoms with Crippen LogP contribution in [0.15, 0.2) is 0 Å². The molecule has 1 fully saturated rings. The summed E-state index contributed by atoms with van der Waals surface area (Å²) in [5.74, 6) is 0.418. The van der Waals surface area contributed by atoms with E-state index in [2.05, 4.69) is 10.6 Å². The Labute approximate surface area is 105 Å². The Kier molecular flexibility index (Phi) is 5.66. The van der Waals surface area contributed by atoms with Gasteiger partial charge in [-0.15, -0.1) is 0 Å². The number of carbonyl (C=O) groups is 2. The zero-order valence-electron chi connectivity index (χ0n) is 10.0. The van der Waals surface area contributed by atoms with Crippen molar-refractivity contribution in [1.82, 2.24) is 15.5 Å². The molecule has 1 aliphatic rings. The van der Waals surface area contributed by atoms with Crippen molar-refractivity contribution in [2.75, 3.05) is 19.7 Å². The molecule has 5 N–H and O–H groups in total. The van der Waals surface area contributed by atoms with Gasteiger partial charge in [0.1, 0.15) is 0 Å². The maximum Gasteiger partial charge on any atom is 0.407 e. The second kappa shape index (κ2) is 7.02. The molecule has 0 radical (unpaired) electrons. The molecule has 104 valence electrons. The molecule has 0 aromatic heterocycles. The average Bonchev–Trinajstić information content (AvgIpc) is 2.28. The van der Waals surface area contributed by atoms with E-state index in [4.69, 9.17) is 15.3 Å². The van der Waals surface area contributed by atoms with Crippen molar-refractivity contribution >= 4 is 12.2 Å². The highest BCUT2D eigenvalue weighted by Gasteiger charge is 2.26. The highest BCUT2D eigenvalue weighted by molar-refractivity contribution is 5.68. The Bertz CT molecular complexity index is 275. The number of nitrogens with zero attached hydrogens (tertiary/aromatic N) is 1. The van der Waals surface area contributed by atoms with Gasteiger partial charge in [0.05, 0.1) is 0 Å². The van der Waals surface area contributed by atoms with Gasteiger partial charge in [-0.1, -0.05) is 0 Å². The van der Waals surface area contributed by atoms with Gasteiger partial charge in [0, 0.05) is 19.7 Å². The van der Waals surface area contributed by atoms with Crippen LogP contribution in [0.25, 0.3) is 0 Å². The molecule has 0 atom stereocenters. The quantitative estimate of drug-likeness (QED) is 0.440. The third-order valence-corrected chi connectivity index (χ3v) is 3.07. The first kappa shape index (κ1) is 14.5. The molecular formula is C10H19N3O5. The molecule has 0 saturated carbocycles. The fourth-order valence-corrected chi connectivity index (χ4v) is 2.13. The second-order valence-corrected chi connectivity index (χ2v) is 4.29. The lowest BCUT2D eigenvalue weighted by molar-refractivity contribution is 0.0777. The van der Waals surface area contributed by atoms with Crippen molar-refractivity contribution in [3.8, 4) is 0 Å². The molecule has 8 nitrogen and oxygen atoms in total. The fourth-order valence-electron chi connectivity index (χ4n) is 2.13. The minimum Gasteiger partial charge on any atom is -0.465 e. The van der Waals surface area contributed by atoms with E-state index in [1.807, 2.05) is 0 Å². The zero-order chi connectivity index (χ0) is 13.5. The third kappa shape index (κ3) is 4.76. The van der Waals surface area contributed by atoms with Crippen LogP contribution in [0.4, 0.5) is 9.59 Å². The summed E-state index contributed by atoms with van der Waals surface area (Å²) in [4.78, 5) is 22.9. The summed E-state index contributed by atoms with van der Waals surface area (Å²) in [6.07, 6.45) is -1.09. The van der Waals surface area contributed by atoms with Gasteiger partial charge >= 0.3 is 12.2 Å². The molecule has 0 bridgehead atoms. The molecule has 18 heavy (non-hydrogen) atoms. The Morgan fingerprint density at radius 2 is 1.67 bits per heavy atom. The molecule has 0 aromatic carbocycles. The predicted molar refractivity (Wildman–Crippen MR) is 62.1 cm³/mol. The Balaban J connectivity index is 2.48. The van der Waals surface area contributed by atoms with Crippen LogP contribution in [0.2, 0.25) is 0 Å². The average molecular weight is 261 g/mol. The highest BCUT2D eigenvalue weighted by atomic mass is 16.4. The summed E-state index contributed by atoms with van der Waals surface area (Å²) in [6, 6.07) is 0. The Morgan fingerprint density at radius 1 is 1.17 bits per heavy atom. The van der Waals surface area contributed by atoms with Crippen LogP contribution in [0.5, 0.6) is 0 Å². The van der Waals surface area contributed by atoms with E-state index in [0.717, 1.165) is 19.3 Å². The molecule has 1 aliphatic heterocycles. The van der Waals surface area contributed by atoms with Crippen molar-refractivity contribution in [2.24, 2.45) is 5.92 Å². The smallest absolute Gasteiger partial charge is 0.407 e. The van der Waals surface area contributed by atoms with Crippen molar-refractivity contribution in [2.45, 2.75) is 25.6 Å². The fraction of sp³-hybridized carbons (Fsp3) is 0.800. The van der Waals surface area contributed by atoms with Crippen molar-refractivity contribution < 1.29 is 24.9 Å². The summed E-state index contributed by atoms with van der Waals surface area (Å²) in [7, 11) is 0. The number of amides is 2. The predicted octanol–water partition coefficient (Wildman–Crippen LogP) is -0.100. The van der Waals surface area contributed by atoms with E-state index in [-0.39, 0.29) is 6.61 Å². The lowest BCUT2D eigenvalue weighted by Crippen LogP contribution is -2.59. The molecule has 2 amide bonds. The summed E-state index contributed by atoms with van der Waals surface area (Å²) in [5.41, 5.74) is 0. The van der Waals surface area contributed by atoms with Gasteiger partial charge in [-0.3, -0.25) is 15.5 Å². The molecule has 1 heterocycles. The maximum atomic E-state index is 10.6. The first-order chi connectivity index (χ1) is 8.52. The van der Waals surface area contributed by atoms with Crippen molar-refractivity contribution in [3.63, 3.8) is 0 Å². The highest BCUT2D eigenvalue weighted by Crippen LogP contribution is 2.20. The zero-order valence-corrected chi connectivity index (χ0v) is 10.0. The van der Waals surface area contributed by atoms with Crippen molar-refractivity contribution in [3.05, 3.63) is 0 Å². The molecule has 1 saturated heterocycles. The largest absolute Gasteiger partial charge is 0.465 e. The minimum atomic E-state index is -1.27. The van der Waals surface area contributed by atoms with Crippen LogP contribution in [0.1, 0.15) is 19.3 Å². The normalized spacial score (nSPS) is 17.7. The molecule has 0 spiro atoms. The number of piperidine rings is 1. The van der Waals surface area contributed by atoms with Crippen LogP contribution in [-0.2, 0) is 0 Å². The lowest BCUT2D eigenvalue weighted by Gasteiger charge is -2.36. The SMILES string of the molecule is O=C(O)NC(NC(=O)O)N1CCC(CCO)CC1. The number of hydrogen-bond acceptors (Lipinski definition) is 4. The van der Waals surface area contributed by atoms with E-state index < -0.39 is 18.5 Å². The topological polar surface area (TPSA) is 122 Å². The third-order valence-electron chi connectivity index (χ3n) is 3.07. The van der Waals surface area contributed by atoms with E-state index >= 15 is 0 Å². The molecule has 1 rings (SSSR count). The minimum absolute atomic E-state index is 0.148. The van der Waals surface area contributed by atoms with Gasteiger partial charge in [0.2, 0.25) is 0 Å². The van der Waals surface area contributed by atoms with Crippen LogP contribution < -0.4 is 10.6 Å². The van der Waals surface area contributed by atoms with Gasteiger partial charge in [-0.05, 0) is 25.2 Å². The number of carboxylic acid groups (broad SMARTS) is 2. The van der Waals surface area contributed by atoms with Crippen LogP contribution in [0.3, 0.4) is 0 Å². The van der Waals surface area contributed by atoms with Crippen LogP contribution in [0, 0.1) is 5.92 Å². The maximum absolute atomic E-state index is 10.6. The molecule has 0 aliphatic carbocycles. The number of aliphatic hydroxyl groups excluding tert-OH is 1. The van der Waals surface area contributed by atoms with Gasteiger partial charge in [-0.2, -0.15) is 0 Å². The van der Waals surface area contributed by atoms with Gasteiger partial charge < -0.3 is 15.3 Å².